The minimum atomic E-state index is -6.24. The van der Waals surface area contributed by atoms with E-state index in [2.05, 4.69) is 15.0 Å². The number of alkyl halides is 14. The fraction of sp³-hybridized carbons (Fsp3) is 0.316. The van der Waals surface area contributed by atoms with Gasteiger partial charge in [0.1, 0.15) is 0 Å². The average Bonchev–Trinajstić information content (AvgIpc) is 3.14. The molecular formula is C38H32F14N4O3S. The fourth-order valence-corrected chi connectivity index (χ4v) is 6.01. The van der Waals surface area contributed by atoms with Crippen LogP contribution in [0.4, 0.5) is 84.2 Å². The molecule has 22 heteroatoms. The predicted molar refractivity (Wildman–Crippen MR) is 194 cm³/mol. The summed E-state index contributed by atoms with van der Waals surface area (Å²) in [5.41, 5.74) is -8.61. The van der Waals surface area contributed by atoms with Crippen molar-refractivity contribution in [3.05, 3.63) is 117 Å². The molecule has 0 aliphatic carbocycles. The normalized spacial score (nSPS) is 12.6. The molecule has 0 saturated heterocycles. The zero-order valence-electron chi connectivity index (χ0n) is 31.3. The van der Waals surface area contributed by atoms with Crippen molar-refractivity contribution in [3.63, 3.8) is 0 Å². The van der Waals surface area contributed by atoms with Crippen LogP contribution in [0.5, 0.6) is 0 Å². The number of rotatable bonds is 9. The number of benzene rings is 4. The van der Waals surface area contributed by atoms with E-state index in [-0.39, 0.29) is 80.4 Å². The Bertz CT molecular complexity index is 2250. The van der Waals surface area contributed by atoms with Crippen LogP contribution in [0.2, 0.25) is 0 Å². The molecule has 0 aliphatic heterocycles. The van der Waals surface area contributed by atoms with Crippen molar-refractivity contribution in [3.8, 4) is 0 Å². The highest BCUT2D eigenvalue weighted by atomic mass is 32.1. The second-order valence-electron chi connectivity index (χ2n) is 12.9. The van der Waals surface area contributed by atoms with Crippen molar-refractivity contribution in [2.75, 3.05) is 16.4 Å². The molecule has 60 heavy (non-hydrogen) atoms. The van der Waals surface area contributed by atoms with Crippen LogP contribution in [0.1, 0.15) is 67.9 Å². The summed E-state index contributed by atoms with van der Waals surface area (Å²) in [5, 5.41) is 4.87. The maximum Gasteiger partial charge on any atom is 0.435 e. The maximum atomic E-state index is 14.4. The molecule has 0 heterocycles. The molecule has 0 bridgehead atoms. The predicted octanol–water partition coefficient (Wildman–Crippen LogP) is 11.8. The van der Waals surface area contributed by atoms with Gasteiger partial charge in [0.15, 0.2) is 0 Å². The van der Waals surface area contributed by atoms with Gasteiger partial charge in [0.2, 0.25) is 11.5 Å². The summed E-state index contributed by atoms with van der Waals surface area (Å²) in [6, 6.07) is 13.1. The summed E-state index contributed by atoms with van der Waals surface area (Å²) < 4.78 is 200. The van der Waals surface area contributed by atoms with Gasteiger partial charge in [-0.05, 0) is 97.5 Å². The Balaban J connectivity index is 0.000000321. The molecule has 0 atom stereocenters. The van der Waals surface area contributed by atoms with Crippen molar-refractivity contribution in [2.45, 2.75) is 76.6 Å². The minimum Gasteiger partial charge on any atom is -0.399 e. The maximum absolute atomic E-state index is 14.4. The SMILES string of the molecule is CCc1cc(C(F)(C(F)(F)F)C(F)(F)F)cc(C)c1NC(=O)c1cccc(N)c1.CCc1cc(C(F)(C(F)(F)F)C(F)(F)F)cc(C)c1NC(=O)c1cccc(N=S=O)c1. The monoisotopic (exact) mass is 890 g/mol. The van der Waals surface area contributed by atoms with E-state index in [0.29, 0.717) is 24.3 Å². The summed E-state index contributed by atoms with van der Waals surface area (Å²) in [7, 11) is 0. The number of carbonyl (C=O) groups excluding carboxylic acids is 2. The molecule has 0 fully saturated rings. The molecule has 0 aliphatic rings. The van der Waals surface area contributed by atoms with E-state index < -0.39 is 59.0 Å². The number of nitrogens with two attached hydrogens (primary N) is 1. The molecule has 7 nitrogen and oxygen atoms in total. The Kier molecular flexibility index (Phi) is 14.6. The van der Waals surface area contributed by atoms with E-state index in [1.165, 1.54) is 69.3 Å². The lowest BCUT2D eigenvalue weighted by atomic mass is 9.89. The number of nitrogens with one attached hydrogen (secondary N) is 2. The minimum absolute atomic E-state index is 0.00961. The summed E-state index contributed by atoms with van der Waals surface area (Å²) in [5.74, 6) is -1.40. The summed E-state index contributed by atoms with van der Waals surface area (Å²) in [6.45, 7) is 5.23. The van der Waals surface area contributed by atoms with Crippen LogP contribution in [-0.4, -0.2) is 40.7 Å². The Hall–Kier alpha value is -5.54. The Morgan fingerprint density at radius 3 is 1.28 bits per heavy atom. The van der Waals surface area contributed by atoms with Gasteiger partial charge in [-0.25, -0.2) is 8.78 Å². The molecule has 0 saturated carbocycles. The number of anilines is 3. The van der Waals surface area contributed by atoms with Crippen molar-refractivity contribution in [1.82, 2.24) is 0 Å². The van der Waals surface area contributed by atoms with Gasteiger partial charge in [-0.15, -0.1) is 0 Å². The molecule has 0 aromatic heterocycles. The lowest BCUT2D eigenvalue weighted by molar-refractivity contribution is -0.349. The molecule has 0 spiro atoms. The second-order valence-corrected chi connectivity index (χ2v) is 13.3. The zero-order valence-corrected chi connectivity index (χ0v) is 32.1. The van der Waals surface area contributed by atoms with Crippen LogP contribution in [0.25, 0.3) is 0 Å². The van der Waals surface area contributed by atoms with Crippen molar-refractivity contribution in [1.29, 1.82) is 0 Å². The number of amides is 2. The first-order valence-corrected chi connectivity index (χ1v) is 17.7. The molecule has 0 unspecified atom stereocenters. The smallest absolute Gasteiger partial charge is 0.399 e. The van der Waals surface area contributed by atoms with Crippen LogP contribution >= 0.6 is 0 Å². The van der Waals surface area contributed by atoms with Crippen molar-refractivity contribution < 1.29 is 75.3 Å². The first-order chi connectivity index (χ1) is 27.5. The third kappa shape index (κ3) is 10.1. The van der Waals surface area contributed by atoms with Gasteiger partial charge >= 0.3 is 36.0 Å². The standard InChI is InChI=1S/C19H15F7N2O2S.C19H17F7N2O/c1-3-11-8-13(17(20,18(21,22)23)19(24,25)26)7-10(2)15(11)27-16(29)12-5-4-6-14(9-12)28-31-30;1-3-11-8-13(17(20,18(21,22)23)19(24,25)26)7-10(2)15(11)28-16(29)12-5-4-6-14(27)9-12/h4-9H,3H2,1-2H3,(H,27,29);4-9H,3,27H2,1-2H3,(H,28,29). The zero-order chi connectivity index (χ0) is 45.8. The first kappa shape index (κ1) is 48.8. The quantitative estimate of drug-likeness (QED) is 0.115. The second kappa shape index (κ2) is 18.0. The van der Waals surface area contributed by atoms with E-state index in [4.69, 9.17) is 5.73 Å². The molecule has 4 aromatic rings. The molecule has 326 valence electrons. The molecule has 4 rings (SSSR count). The topological polar surface area (TPSA) is 114 Å². The van der Waals surface area contributed by atoms with Gasteiger partial charge < -0.3 is 16.4 Å². The summed E-state index contributed by atoms with van der Waals surface area (Å²) in [6.07, 6.45) is -25.0. The van der Waals surface area contributed by atoms with Gasteiger partial charge in [-0.3, -0.25) is 9.59 Å². The van der Waals surface area contributed by atoms with Crippen LogP contribution in [0.3, 0.4) is 0 Å². The van der Waals surface area contributed by atoms with Gasteiger partial charge in [-0.1, -0.05) is 38.1 Å². The molecule has 2 amide bonds. The molecule has 0 radical (unpaired) electrons. The number of nitrogens with zero attached hydrogens (tertiary/aromatic N) is 1. The highest BCUT2D eigenvalue weighted by molar-refractivity contribution is 7.54. The third-order valence-corrected chi connectivity index (χ3v) is 9.12. The molecule has 4 aromatic carbocycles. The van der Waals surface area contributed by atoms with Crippen LogP contribution in [0, 0.1) is 13.8 Å². The van der Waals surface area contributed by atoms with Gasteiger partial charge in [0, 0.05) is 39.3 Å². The fourth-order valence-electron chi connectivity index (χ4n) is 5.81. The lowest BCUT2D eigenvalue weighted by Gasteiger charge is -2.31. The van der Waals surface area contributed by atoms with Crippen molar-refractivity contribution in [2.24, 2.45) is 4.36 Å². The Labute approximate surface area is 335 Å². The first-order valence-electron chi connectivity index (χ1n) is 17.0. The number of nitrogen functional groups attached to an aromatic ring is 1. The summed E-state index contributed by atoms with van der Waals surface area (Å²) >= 11 is -0.0806. The Morgan fingerprint density at radius 2 is 0.950 bits per heavy atom. The van der Waals surface area contributed by atoms with Crippen LogP contribution in [-0.2, 0) is 35.6 Å². The van der Waals surface area contributed by atoms with E-state index in [1.807, 2.05) is 0 Å². The highest BCUT2D eigenvalue weighted by Gasteiger charge is 2.74. The van der Waals surface area contributed by atoms with Crippen LogP contribution < -0.4 is 16.4 Å². The number of aryl methyl sites for hydroxylation is 4. The molecular weight excluding hydrogens is 858 g/mol. The van der Waals surface area contributed by atoms with E-state index in [1.54, 1.807) is 0 Å². The summed E-state index contributed by atoms with van der Waals surface area (Å²) in [4.78, 5) is 24.9. The van der Waals surface area contributed by atoms with Gasteiger partial charge in [0.05, 0.1) is 5.69 Å². The highest BCUT2D eigenvalue weighted by Crippen LogP contribution is 2.55. The average molecular weight is 891 g/mol. The third-order valence-electron chi connectivity index (χ3n) is 8.83. The number of hydrogen-bond donors (Lipinski definition) is 3. The van der Waals surface area contributed by atoms with Gasteiger partial charge in [-0.2, -0.15) is 61.3 Å². The number of carbonyl (C=O) groups is 2. The lowest BCUT2D eigenvalue weighted by Crippen LogP contribution is -2.50. The van der Waals surface area contributed by atoms with E-state index in [9.17, 15) is 75.3 Å². The Morgan fingerprint density at radius 1 is 0.583 bits per heavy atom. The molecule has 4 N–H and O–H groups in total. The van der Waals surface area contributed by atoms with E-state index in [0.717, 1.165) is 6.92 Å². The van der Waals surface area contributed by atoms with Crippen molar-refractivity contribution >= 4 is 46.0 Å². The number of halogens is 14. The van der Waals surface area contributed by atoms with Crippen LogP contribution in [0.15, 0.2) is 77.2 Å². The van der Waals surface area contributed by atoms with Gasteiger partial charge in [0.25, 0.3) is 11.8 Å². The largest absolute Gasteiger partial charge is 0.435 e. The number of hydrogen-bond acceptors (Lipinski definition) is 5. The van der Waals surface area contributed by atoms with E-state index >= 15 is 0 Å².